The SMILES string of the molecule is [C-]#[N+]C([N+]#[C-])=C(C#N)c1c[nH]c2ccc(NS(C)(=O)=O)cc12.[C-]#[N+]C1=C(C)C(=CC=C2Oc3ccccc3N2C)C(=O)N(c2ccc(C(=O)O)cc2)C1=O. The van der Waals surface area contributed by atoms with Gasteiger partial charge in [0.05, 0.1) is 35.8 Å². The van der Waals surface area contributed by atoms with Crippen LogP contribution in [-0.2, 0) is 19.6 Å². The standard InChI is InChI=1S/C24H17N3O5.C14H9N5O2S/c1-14-17(12-13-20-26(3)18-6-4-5-7-19(18)32-20)22(28)27(23(29)21(14)25-2)16-10-8-15(9-11-16)24(30)31;1-16-14(17-2)11(7-15)12-8-18-13-5-4-9(6-10(12)13)19-22(3,20)21/h4-13H,1,3H3,(H,30,31);4-6,8,18-19H,3H3. The first-order chi connectivity index (χ1) is 25.7. The fourth-order valence-corrected chi connectivity index (χ4v) is 6.03. The molecule has 0 aliphatic carbocycles. The summed E-state index contributed by atoms with van der Waals surface area (Å²) in [7, 11) is -1.60. The van der Waals surface area contributed by atoms with Gasteiger partial charge in [0.2, 0.25) is 10.0 Å². The minimum Gasteiger partial charge on any atom is -0.478 e. The molecule has 3 aromatic carbocycles. The lowest BCUT2D eigenvalue weighted by atomic mass is 9.97. The van der Waals surface area contributed by atoms with Crippen molar-refractivity contribution in [2.24, 2.45) is 0 Å². The van der Waals surface area contributed by atoms with Gasteiger partial charge in [0.25, 0.3) is 17.5 Å². The summed E-state index contributed by atoms with van der Waals surface area (Å²) >= 11 is 0. The van der Waals surface area contributed by atoms with E-state index in [-0.39, 0.29) is 39.5 Å². The highest BCUT2D eigenvalue weighted by atomic mass is 32.2. The summed E-state index contributed by atoms with van der Waals surface area (Å²) in [5.41, 5.74) is 2.66. The molecule has 1 aromatic heterocycles. The normalized spacial score (nSPS) is 14.9. The van der Waals surface area contributed by atoms with Gasteiger partial charge in [-0.2, -0.15) is 15.0 Å². The van der Waals surface area contributed by atoms with Crippen molar-refractivity contribution in [1.82, 2.24) is 4.98 Å². The van der Waals surface area contributed by atoms with E-state index in [9.17, 15) is 28.1 Å². The van der Waals surface area contributed by atoms with Crippen LogP contribution in [0.2, 0.25) is 0 Å². The molecule has 0 saturated heterocycles. The Kier molecular flexibility index (Phi) is 10.5. The monoisotopic (exact) mass is 738 g/mol. The highest BCUT2D eigenvalue weighted by Crippen LogP contribution is 2.38. The molecule has 0 spiro atoms. The molecule has 266 valence electrons. The molecule has 0 atom stereocenters. The van der Waals surface area contributed by atoms with Crippen LogP contribution < -0.4 is 19.3 Å². The maximum absolute atomic E-state index is 13.2. The number of ether oxygens (including phenoxy) is 1. The molecule has 54 heavy (non-hydrogen) atoms. The van der Waals surface area contributed by atoms with Crippen LogP contribution in [0.4, 0.5) is 17.1 Å². The Morgan fingerprint density at radius 1 is 1.02 bits per heavy atom. The van der Waals surface area contributed by atoms with Crippen LogP contribution in [0.1, 0.15) is 22.8 Å². The maximum atomic E-state index is 13.2. The van der Waals surface area contributed by atoms with Crippen LogP contribution in [0, 0.1) is 31.0 Å². The number of carbonyl (C=O) groups excluding carboxylic acids is 2. The van der Waals surface area contributed by atoms with Gasteiger partial charge in [-0.05, 0) is 79.2 Å². The number of sulfonamides is 1. The zero-order valence-electron chi connectivity index (χ0n) is 28.6. The number of para-hydroxylation sites is 2. The number of aromatic nitrogens is 1. The molecule has 4 aromatic rings. The number of carboxylic acid groups (broad SMARTS) is 1. The van der Waals surface area contributed by atoms with Crippen LogP contribution in [0.15, 0.2) is 114 Å². The number of amides is 2. The molecule has 0 saturated carbocycles. The van der Waals surface area contributed by atoms with Crippen molar-refractivity contribution in [2.75, 3.05) is 27.8 Å². The molecule has 0 bridgehead atoms. The van der Waals surface area contributed by atoms with E-state index in [2.05, 4.69) is 24.2 Å². The lowest BCUT2D eigenvalue weighted by Gasteiger charge is -2.27. The first kappa shape index (κ1) is 37.3. The van der Waals surface area contributed by atoms with E-state index in [4.69, 9.17) is 29.6 Å². The van der Waals surface area contributed by atoms with E-state index >= 15 is 0 Å². The van der Waals surface area contributed by atoms with Crippen molar-refractivity contribution in [1.29, 1.82) is 5.26 Å². The molecule has 0 radical (unpaired) electrons. The Morgan fingerprint density at radius 3 is 2.30 bits per heavy atom. The molecule has 2 aliphatic heterocycles. The first-order valence-electron chi connectivity index (χ1n) is 15.4. The van der Waals surface area contributed by atoms with Crippen molar-refractivity contribution < 1.29 is 32.6 Å². The minimum atomic E-state index is -3.43. The fourth-order valence-electron chi connectivity index (χ4n) is 5.48. The van der Waals surface area contributed by atoms with Gasteiger partial charge in [0, 0.05) is 41.0 Å². The molecule has 6 rings (SSSR count). The number of carbonyl (C=O) groups is 3. The smallest absolute Gasteiger partial charge is 0.478 e. The van der Waals surface area contributed by atoms with Crippen molar-refractivity contribution in [2.45, 2.75) is 6.92 Å². The van der Waals surface area contributed by atoms with E-state index in [0.717, 1.165) is 16.8 Å². The molecule has 15 nitrogen and oxygen atoms in total. The van der Waals surface area contributed by atoms with Gasteiger partial charge in [0.15, 0.2) is 17.2 Å². The Hall–Kier alpha value is -7.92. The molecule has 3 N–H and O–H groups in total. The fraction of sp³-hybridized carbons (Fsp3) is 0.0789. The lowest BCUT2D eigenvalue weighted by molar-refractivity contribution is -0.123. The van der Waals surface area contributed by atoms with Crippen molar-refractivity contribution in [3.63, 3.8) is 0 Å². The predicted octanol–water partition coefficient (Wildman–Crippen LogP) is 6.32. The zero-order valence-corrected chi connectivity index (χ0v) is 29.4. The molecule has 0 fully saturated rings. The van der Waals surface area contributed by atoms with Crippen molar-refractivity contribution in [3.05, 3.63) is 159 Å². The molecular weight excluding hydrogens is 713 g/mol. The Labute approximate surface area is 309 Å². The number of nitriles is 1. The van der Waals surface area contributed by atoms with Crippen LogP contribution in [0.5, 0.6) is 5.75 Å². The Balaban J connectivity index is 0.000000223. The number of nitrogens with one attached hydrogen (secondary N) is 2. The van der Waals surface area contributed by atoms with E-state index < -0.39 is 27.8 Å². The van der Waals surface area contributed by atoms with Crippen LogP contribution in [-0.4, -0.2) is 49.6 Å². The van der Waals surface area contributed by atoms with Gasteiger partial charge < -0.3 is 19.7 Å². The summed E-state index contributed by atoms with van der Waals surface area (Å²) in [4.78, 5) is 52.2. The second-order valence-electron chi connectivity index (χ2n) is 11.5. The average molecular weight is 739 g/mol. The van der Waals surface area contributed by atoms with Gasteiger partial charge in [-0.3, -0.25) is 19.2 Å². The van der Waals surface area contributed by atoms with Gasteiger partial charge in [-0.1, -0.05) is 12.1 Å². The van der Waals surface area contributed by atoms with Gasteiger partial charge in [-0.15, -0.1) is 0 Å². The highest BCUT2D eigenvalue weighted by Gasteiger charge is 2.37. The number of rotatable bonds is 6. The van der Waals surface area contributed by atoms with Gasteiger partial charge in [0.1, 0.15) is 13.1 Å². The first-order valence-corrected chi connectivity index (χ1v) is 17.3. The summed E-state index contributed by atoms with van der Waals surface area (Å²) in [6, 6.07) is 19.4. The number of hydrogen-bond donors (Lipinski definition) is 3. The van der Waals surface area contributed by atoms with Crippen LogP contribution in [0.3, 0.4) is 0 Å². The van der Waals surface area contributed by atoms with E-state index in [0.29, 0.717) is 33.8 Å². The quantitative estimate of drug-likeness (QED) is 0.0881. The van der Waals surface area contributed by atoms with E-state index in [1.54, 1.807) is 31.2 Å². The number of imide groups is 1. The lowest BCUT2D eigenvalue weighted by Crippen LogP contribution is -2.42. The number of aromatic amines is 1. The van der Waals surface area contributed by atoms with Crippen molar-refractivity contribution >= 4 is 61.3 Å². The third kappa shape index (κ3) is 7.41. The predicted molar refractivity (Wildman–Crippen MR) is 199 cm³/mol. The number of fused-ring (bicyclic) bond motifs is 2. The number of hydrogen-bond acceptors (Lipinski definition) is 8. The number of anilines is 3. The highest BCUT2D eigenvalue weighted by molar-refractivity contribution is 7.92. The summed E-state index contributed by atoms with van der Waals surface area (Å²) in [6.45, 7) is 22.9. The summed E-state index contributed by atoms with van der Waals surface area (Å²) in [6.07, 6.45) is 5.68. The minimum absolute atomic E-state index is 0.0178. The molecule has 16 heteroatoms. The molecule has 2 aliphatic rings. The third-order valence-corrected chi connectivity index (χ3v) is 8.65. The molecule has 0 unspecified atom stereocenters. The number of H-pyrrole nitrogens is 1. The van der Waals surface area contributed by atoms with Crippen LogP contribution >= 0.6 is 0 Å². The number of nitrogens with zero attached hydrogens (tertiary/aromatic N) is 6. The zero-order chi connectivity index (χ0) is 39.3. The Bertz CT molecular complexity index is 2660. The van der Waals surface area contributed by atoms with Crippen LogP contribution in [0.25, 0.3) is 31.0 Å². The van der Waals surface area contributed by atoms with Gasteiger partial charge >= 0.3 is 11.8 Å². The topological polar surface area (TPSA) is 186 Å². The largest absolute Gasteiger partial charge is 0.538 e. The second-order valence-corrected chi connectivity index (χ2v) is 13.2. The van der Waals surface area contributed by atoms with E-state index in [1.807, 2.05) is 42.3 Å². The van der Waals surface area contributed by atoms with E-state index in [1.165, 1.54) is 36.5 Å². The maximum Gasteiger partial charge on any atom is 0.538 e. The third-order valence-electron chi connectivity index (χ3n) is 8.05. The van der Waals surface area contributed by atoms with Gasteiger partial charge in [-0.25, -0.2) is 18.1 Å². The Morgan fingerprint density at radius 2 is 1.70 bits per heavy atom. The molecule has 2 amide bonds. The summed E-state index contributed by atoms with van der Waals surface area (Å²) in [5.74, 6) is -1.66. The second kappa shape index (κ2) is 15.1. The summed E-state index contributed by atoms with van der Waals surface area (Å²) < 4.78 is 30.7. The number of aromatic carboxylic acids is 1. The average Bonchev–Trinajstić information content (AvgIpc) is 3.70. The van der Waals surface area contributed by atoms with Crippen molar-refractivity contribution in [3.8, 4) is 11.8 Å². The molecule has 3 heterocycles. The number of benzene rings is 3. The number of carboxylic acids is 1. The molecular formula is C38H26N8O7S. The number of allylic oxidation sites excluding steroid dienone is 3. The summed E-state index contributed by atoms with van der Waals surface area (Å²) in [5, 5.41) is 18.9.